The lowest BCUT2D eigenvalue weighted by molar-refractivity contribution is -0.126. The highest BCUT2D eigenvalue weighted by Gasteiger charge is 2.41. The van der Waals surface area contributed by atoms with Gasteiger partial charge in [0.2, 0.25) is 11.8 Å². The maximum absolute atomic E-state index is 13.3. The average Bonchev–Trinajstić information content (AvgIpc) is 2.66. The van der Waals surface area contributed by atoms with Crippen LogP contribution in [-0.2, 0) is 9.59 Å². The number of amides is 4. The largest absolute Gasteiger partial charge is 0.494 e. The van der Waals surface area contributed by atoms with Gasteiger partial charge in [0, 0.05) is 6.07 Å². The Morgan fingerprint density at radius 3 is 2.07 bits per heavy atom. The number of urea groups is 1. The Bertz CT molecular complexity index is 967. The van der Waals surface area contributed by atoms with Crippen LogP contribution in [0.25, 0.3) is 0 Å². The predicted molar refractivity (Wildman–Crippen MR) is 112 cm³/mol. The summed E-state index contributed by atoms with van der Waals surface area (Å²) in [6.07, 6.45) is 1.56. The molecule has 3 rings (SSSR count). The lowest BCUT2D eigenvalue weighted by atomic mass is 10.1. The monoisotopic (exact) mass is 394 g/mol. The number of ether oxygens (including phenoxy) is 1. The van der Waals surface area contributed by atoms with Crippen LogP contribution in [0.3, 0.4) is 0 Å². The van der Waals surface area contributed by atoms with Crippen molar-refractivity contribution in [2.45, 2.75) is 47.0 Å². The van der Waals surface area contributed by atoms with E-state index in [0.717, 1.165) is 39.3 Å². The molecule has 0 spiro atoms. The van der Waals surface area contributed by atoms with Crippen LogP contribution in [0.5, 0.6) is 5.75 Å². The second-order valence-corrected chi connectivity index (χ2v) is 7.36. The Balaban J connectivity index is 2.00. The van der Waals surface area contributed by atoms with Gasteiger partial charge in [-0.05, 0) is 56.0 Å². The SMILES string of the molecule is CCCCOc1ccc(C)c(N2C(=O)CC(=O)N(c3cc(C)ccc3C)C2=O)c1. The van der Waals surface area contributed by atoms with Crippen LogP contribution in [0.15, 0.2) is 36.4 Å². The molecule has 0 aliphatic carbocycles. The molecule has 6 nitrogen and oxygen atoms in total. The van der Waals surface area contributed by atoms with Crippen molar-refractivity contribution >= 4 is 29.2 Å². The number of rotatable bonds is 6. The molecule has 0 bridgehead atoms. The van der Waals surface area contributed by atoms with E-state index in [-0.39, 0.29) is 6.42 Å². The standard InChI is InChI=1S/C23H26N2O4/c1-5-6-11-29-18-10-9-17(4)20(13-18)25-22(27)14-21(26)24(23(25)28)19-12-15(2)7-8-16(19)3/h7-10,12-13H,5-6,11,14H2,1-4H3. The highest BCUT2D eigenvalue weighted by Crippen LogP contribution is 2.32. The third kappa shape index (κ3) is 4.16. The highest BCUT2D eigenvalue weighted by atomic mass is 16.5. The van der Waals surface area contributed by atoms with E-state index in [1.54, 1.807) is 12.1 Å². The molecule has 0 N–H and O–H groups in total. The van der Waals surface area contributed by atoms with Crippen molar-refractivity contribution in [3.8, 4) is 5.75 Å². The third-order valence-corrected chi connectivity index (χ3v) is 4.98. The van der Waals surface area contributed by atoms with E-state index in [0.29, 0.717) is 23.7 Å². The average molecular weight is 394 g/mol. The van der Waals surface area contributed by atoms with Gasteiger partial charge in [-0.1, -0.05) is 31.5 Å². The predicted octanol–water partition coefficient (Wildman–Crippen LogP) is 4.68. The van der Waals surface area contributed by atoms with E-state index in [9.17, 15) is 14.4 Å². The van der Waals surface area contributed by atoms with Crippen LogP contribution in [0.2, 0.25) is 0 Å². The van der Waals surface area contributed by atoms with E-state index in [1.165, 1.54) is 0 Å². The van der Waals surface area contributed by atoms with Crippen molar-refractivity contribution < 1.29 is 19.1 Å². The summed E-state index contributed by atoms with van der Waals surface area (Å²) < 4.78 is 5.74. The number of benzene rings is 2. The number of unbranched alkanes of at least 4 members (excludes halogenated alkanes) is 1. The quantitative estimate of drug-likeness (QED) is 0.527. The van der Waals surface area contributed by atoms with Gasteiger partial charge < -0.3 is 4.74 Å². The molecule has 0 radical (unpaired) electrons. The molecule has 0 aromatic heterocycles. The number of carbonyl (C=O) groups excluding carboxylic acids is 3. The summed E-state index contributed by atoms with van der Waals surface area (Å²) in [5, 5.41) is 0. The van der Waals surface area contributed by atoms with E-state index in [2.05, 4.69) is 6.92 Å². The van der Waals surface area contributed by atoms with Crippen LogP contribution in [0.1, 0.15) is 42.9 Å². The smallest absolute Gasteiger partial charge is 0.342 e. The molecule has 4 amide bonds. The molecule has 0 saturated carbocycles. The van der Waals surface area contributed by atoms with Crippen LogP contribution in [0, 0.1) is 20.8 Å². The van der Waals surface area contributed by atoms with Gasteiger partial charge in [0.15, 0.2) is 0 Å². The van der Waals surface area contributed by atoms with E-state index in [1.807, 2.05) is 45.0 Å². The minimum absolute atomic E-state index is 0.362. The molecule has 2 aromatic carbocycles. The molecule has 0 atom stereocenters. The summed E-state index contributed by atoms with van der Waals surface area (Å²) in [5.74, 6) is -0.455. The molecule has 152 valence electrons. The Kier molecular flexibility index (Phi) is 6.01. The van der Waals surface area contributed by atoms with Crippen molar-refractivity contribution in [3.63, 3.8) is 0 Å². The van der Waals surface area contributed by atoms with Gasteiger partial charge >= 0.3 is 6.03 Å². The van der Waals surface area contributed by atoms with E-state index in [4.69, 9.17) is 4.74 Å². The molecule has 1 fully saturated rings. The Morgan fingerprint density at radius 1 is 0.862 bits per heavy atom. The molecule has 1 aliphatic heterocycles. The number of hydrogen-bond donors (Lipinski definition) is 0. The number of nitrogens with zero attached hydrogens (tertiary/aromatic N) is 2. The maximum atomic E-state index is 13.3. The molecular formula is C23H26N2O4. The first kappa shape index (κ1) is 20.6. The first-order valence-corrected chi connectivity index (χ1v) is 9.84. The van der Waals surface area contributed by atoms with E-state index < -0.39 is 17.8 Å². The van der Waals surface area contributed by atoms with Gasteiger partial charge in [-0.3, -0.25) is 9.59 Å². The fourth-order valence-electron chi connectivity index (χ4n) is 3.29. The fraction of sp³-hybridized carbons (Fsp3) is 0.348. The Hall–Kier alpha value is -3.15. The first-order valence-electron chi connectivity index (χ1n) is 9.84. The number of barbiturate groups is 1. The van der Waals surface area contributed by atoms with Gasteiger partial charge in [0.1, 0.15) is 12.2 Å². The van der Waals surface area contributed by atoms with Crippen LogP contribution in [0.4, 0.5) is 16.2 Å². The minimum Gasteiger partial charge on any atom is -0.494 e. The van der Waals surface area contributed by atoms with Gasteiger partial charge in [-0.2, -0.15) is 0 Å². The first-order chi connectivity index (χ1) is 13.8. The van der Waals surface area contributed by atoms with Gasteiger partial charge in [0.25, 0.3) is 0 Å². The minimum atomic E-state index is -0.659. The third-order valence-electron chi connectivity index (χ3n) is 4.98. The lowest BCUT2D eigenvalue weighted by Gasteiger charge is -2.34. The Morgan fingerprint density at radius 2 is 1.45 bits per heavy atom. The van der Waals surface area contributed by atoms with Crippen molar-refractivity contribution in [2.24, 2.45) is 0 Å². The van der Waals surface area contributed by atoms with E-state index >= 15 is 0 Å². The molecule has 1 aliphatic rings. The number of hydrogen-bond acceptors (Lipinski definition) is 4. The van der Waals surface area contributed by atoms with Crippen LogP contribution < -0.4 is 14.5 Å². The summed E-state index contributed by atoms with van der Waals surface area (Å²) in [6.45, 7) is 8.20. The zero-order valence-corrected chi connectivity index (χ0v) is 17.3. The highest BCUT2D eigenvalue weighted by molar-refractivity contribution is 6.35. The number of anilines is 2. The summed E-state index contributed by atoms with van der Waals surface area (Å²) in [4.78, 5) is 40.8. The molecule has 1 heterocycles. The summed E-state index contributed by atoms with van der Waals surface area (Å²) in [5.41, 5.74) is 3.42. The zero-order valence-electron chi connectivity index (χ0n) is 17.3. The van der Waals surface area contributed by atoms with Gasteiger partial charge in [0.05, 0.1) is 18.0 Å². The maximum Gasteiger partial charge on any atom is 0.342 e. The van der Waals surface area contributed by atoms with Gasteiger partial charge in [-0.25, -0.2) is 14.6 Å². The topological polar surface area (TPSA) is 66.9 Å². The lowest BCUT2D eigenvalue weighted by Crippen LogP contribution is -2.56. The molecule has 2 aromatic rings. The normalized spacial score (nSPS) is 14.6. The zero-order chi connectivity index (χ0) is 21.1. The summed E-state index contributed by atoms with van der Waals surface area (Å²) >= 11 is 0. The van der Waals surface area contributed by atoms with Gasteiger partial charge in [-0.15, -0.1) is 0 Å². The van der Waals surface area contributed by atoms with Crippen LogP contribution >= 0.6 is 0 Å². The molecule has 6 heteroatoms. The fourth-order valence-corrected chi connectivity index (χ4v) is 3.29. The Labute approximate surface area is 171 Å². The second-order valence-electron chi connectivity index (χ2n) is 7.36. The van der Waals surface area contributed by atoms with Crippen molar-refractivity contribution in [1.29, 1.82) is 0 Å². The second kappa shape index (κ2) is 8.47. The van der Waals surface area contributed by atoms with Crippen molar-refractivity contribution in [1.82, 2.24) is 0 Å². The number of imide groups is 2. The van der Waals surface area contributed by atoms with Crippen molar-refractivity contribution in [3.05, 3.63) is 53.1 Å². The summed E-state index contributed by atoms with van der Waals surface area (Å²) in [6, 6.07) is 10.2. The molecule has 0 unspecified atom stereocenters. The molecule has 29 heavy (non-hydrogen) atoms. The molecular weight excluding hydrogens is 368 g/mol. The summed E-state index contributed by atoms with van der Waals surface area (Å²) in [7, 11) is 0. The van der Waals surface area contributed by atoms with Crippen LogP contribution in [-0.4, -0.2) is 24.5 Å². The van der Waals surface area contributed by atoms with Crippen molar-refractivity contribution in [2.75, 3.05) is 16.4 Å². The number of carbonyl (C=O) groups is 3. The molecule has 1 saturated heterocycles. The number of aryl methyl sites for hydroxylation is 3.